The van der Waals surface area contributed by atoms with Gasteiger partial charge in [0, 0.05) is 19.7 Å². The Hall–Kier alpha value is -1.46. The Labute approximate surface area is 111 Å². The van der Waals surface area contributed by atoms with Crippen molar-refractivity contribution >= 4 is 23.2 Å². The molecular formula is C12H17ClN2O3. The van der Waals surface area contributed by atoms with Crippen molar-refractivity contribution in [2.75, 3.05) is 39.2 Å². The zero-order valence-corrected chi connectivity index (χ0v) is 11.2. The number of nitrogens with one attached hydrogen (secondary N) is 2. The molecule has 0 fully saturated rings. The van der Waals surface area contributed by atoms with Gasteiger partial charge in [0.05, 0.1) is 31.0 Å². The zero-order valence-electron chi connectivity index (χ0n) is 10.5. The second-order valence-electron chi connectivity index (χ2n) is 3.54. The van der Waals surface area contributed by atoms with Crippen LogP contribution < -0.4 is 15.4 Å². The maximum atomic E-state index is 11.5. The second kappa shape index (κ2) is 7.79. The van der Waals surface area contributed by atoms with E-state index in [-0.39, 0.29) is 12.5 Å². The van der Waals surface area contributed by atoms with Crippen LogP contribution in [0.3, 0.4) is 0 Å². The van der Waals surface area contributed by atoms with E-state index < -0.39 is 0 Å². The molecule has 1 aromatic carbocycles. The van der Waals surface area contributed by atoms with E-state index in [0.717, 1.165) is 0 Å². The number of halogens is 1. The number of hydrogen-bond donors (Lipinski definition) is 2. The summed E-state index contributed by atoms with van der Waals surface area (Å²) in [5.41, 5.74) is 0.665. The number of anilines is 1. The molecule has 0 aliphatic heterocycles. The summed E-state index contributed by atoms with van der Waals surface area (Å²) in [7, 11) is 3.16. The number of hydrogen-bond acceptors (Lipinski definition) is 4. The summed E-state index contributed by atoms with van der Waals surface area (Å²) in [5.74, 6) is 0.563. The lowest BCUT2D eigenvalue weighted by Gasteiger charge is -2.10. The lowest BCUT2D eigenvalue weighted by atomic mass is 10.3. The Balaban J connectivity index is 2.45. The average molecular weight is 273 g/mol. The summed E-state index contributed by atoms with van der Waals surface area (Å²) >= 11 is 5.99. The van der Waals surface area contributed by atoms with Crippen molar-refractivity contribution in [3.63, 3.8) is 0 Å². The molecule has 0 spiro atoms. The monoisotopic (exact) mass is 272 g/mol. The lowest BCUT2D eigenvalue weighted by Crippen LogP contribution is -2.32. The summed E-state index contributed by atoms with van der Waals surface area (Å²) in [6, 6.07) is 5.21. The van der Waals surface area contributed by atoms with Gasteiger partial charge in [0.1, 0.15) is 5.75 Å². The highest BCUT2D eigenvalue weighted by atomic mass is 35.5. The van der Waals surface area contributed by atoms with Crippen LogP contribution in [0.15, 0.2) is 18.2 Å². The number of carbonyl (C=O) groups excluding carboxylic acids is 1. The van der Waals surface area contributed by atoms with E-state index in [1.807, 2.05) is 0 Å². The third-order valence-corrected chi connectivity index (χ3v) is 2.57. The van der Waals surface area contributed by atoms with Crippen molar-refractivity contribution in [3.8, 4) is 5.75 Å². The summed E-state index contributed by atoms with van der Waals surface area (Å²) in [4.78, 5) is 11.5. The summed E-state index contributed by atoms with van der Waals surface area (Å²) < 4.78 is 9.91. The minimum Gasteiger partial charge on any atom is -0.497 e. The summed E-state index contributed by atoms with van der Waals surface area (Å²) in [6.45, 7) is 1.13. The van der Waals surface area contributed by atoms with Crippen LogP contribution in [0.1, 0.15) is 0 Å². The van der Waals surface area contributed by atoms with Crippen LogP contribution in [0.25, 0.3) is 0 Å². The van der Waals surface area contributed by atoms with Gasteiger partial charge >= 0.3 is 0 Å². The molecule has 0 unspecified atom stereocenters. The normalized spacial score (nSPS) is 9.94. The SMILES string of the molecule is COCCNC(=O)CNc1cc(OC)ccc1Cl. The molecule has 5 nitrogen and oxygen atoms in total. The Morgan fingerprint density at radius 3 is 2.83 bits per heavy atom. The van der Waals surface area contributed by atoms with Crippen LogP contribution in [0.4, 0.5) is 5.69 Å². The minimum absolute atomic E-state index is 0.120. The quantitative estimate of drug-likeness (QED) is 0.739. The number of carbonyl (C=O) groups is 1. The van der Waals surface area contributed by atoms with Crippen molar-refractivity contribution in [3.05, 3.63) is 23.2 Å². The third kappa shape index (κ3) is 4.81. The van der Waals surface area contributed by atoms with Crippen molar-refractivity contribution in [2.24, 2.45) is 0 Å². The Bertz CT molecular complexity index is 399. The van der Waals surface area contributed by atoms with Crippen LogP contribution in [0, 0.1) is 0 Å². The van der Waals surface area contributed by atoms with E-state index in [0.29, 0.717) is 29.6 Å². The predicted molar refractivity (Wildman–Crippen MR) is 71.4 cm³/mol. The van der Waals surface area contributed by atoms with Gasteiger partial charge < -0.3 is 20.1 Å². The molecule has 18 heavy (non-hydrogen) atoms. The van der Waals surface area contributed by atoms with E-state index in [1.54, 1.807) is 32.4 Å². The maximum absolute atomic E-state index is 11.5. The number of methoxy groups -OCH3 is 2. The molecular weight excluding hydrogens is 256 g/mol. The van der Waals surface area contributed by atoms with E-state index in [1.165, 1.54) is 0 Å². The Kier molecular flexibility index (Phi) is 6.32. The van der Waals surface area contributed by atoms with Crippen molar-refractivity contribution in [1.29, 1.82) is 0 Å². The third-order valence-electron chi connectivity index (χ3n) is 2.24. The highest BCUT2D eigenvalue weighted by Crippen LogP contribution is 2.26. The minimum atomic E-state index is -0.120. The number of ether oxygens (including phenoxy) is 2. The first-order valence-corrected chi connectivity index (χ1v) is 5.88. The molecule has 100 valence electrons. The molecule has 0 saturated heterocycles. The maximum Gasteiger partial charge on any atom is 0.239 e. The van der Waals surface area contributed by atoms with Gasteiger partial charge in [-0.2, -0.15) is 0 Å². The lowest BCUT2D eigenvalue weighted by molar-refractivity contribution is -0.119. The fourth-order valence-corrected chi connectivity index (χ4v) is 1.48. The summed E-state index contributed by atoms with van der Waals surface area (Å²) in [5, 5.41) is 6.19. The highest BCUT2D eigenvalue weighted by molar-refractivity contribution is 6.33. The molecule has 1 rings (SSSR count). The average Bonchev–Trinajstić information content (AvgIpc) is 2.38. The molecule has 1 aromatic rings. The second-order valence-corrected chi connectivity index (χ2v) is 3.95. The Morgan fingerprint density at radius 2 is 2.17 bits per heavy atom. The molecule has 0 atom stereocenters. The first-order chi connectivity index (χ1) is 8.67. The Morgan fingerprint density at radius 1 is 1.39 bits per heavy atom. The smallest absolute Gasteiger partial charge is 0.239 e. The predicted octanol–water partition coefficient (Wildman–Crippen LogP) is 1.52. The van der Waals surface area contributed by atoms with Crippen LogP contribution >= 0.6 is 11.6 Å². The van der Waals surface area contributed by atoms with E-state index in [4.69, 9.17) is 21.1 Å². The van der Waals surface area contributed by atoms with Crippen molar-refractivity contribution in [2.45, 2.75) is 0 Å². The van der Waals surface area contributed by atoms with E-state index in [9.17, 15) is 4.79 Å². The summed E-state index contributed by atoms with van der Waals surface area (Å²) in [6.07, 6.45) is 0. The molecule has 0 saturated carbocycles. The van der Waals surface area contributed by atoms with Crippen molar-refractivity contribution in [1.82, 2.24) is 5.32 Å². The molecule has 6 heteroatoms. The van der Waals surface area contributed by atoms with Crippen molar-refractivity contribution < 1.29 is 14.3 Å². The molecule has 0 bridgehead atoms. The van der Waals surface area contributed by atoms with Gasteiger partial charge in [0.25, 0.3) is 0 Å². The van der Waals surface area contributed by atoms with Gasteiger partial charge in [0.2, 0.25) is 5.91 Å². The van der Waals surface area contributed by atoms with Crippen LogP contribution in [-0.4, -0.2) is 39.8 Å². The van der Waals surface area contributed by atoms with Gasteiger partial charge in [-0.05, 0) is 12.1 Å². The molecule has 0 aliphatic carbocycles. The largest absolute Gasteiger partial charge is 0.497 e. The van der Waals surface area contributed by atoms with Crippen LogP contribution in [-0.2, 0) is 9.53 Å². The van der Waals surface area contributed by atoms with Gasteiger partial charge in [-0.1, -0.05) is 11.6 Å². The van der Waals surface area contributed by atoms with E-state index >= 15 is 0 Å². The number of benzene rings is 1. The van der Waals surface area contributed by atoms with Gasteiger partial charge in [-0.25, -0.2) is 0 Å². The van der Waals surface area contributed by atoms with Crippen LogP contribution in [0.5, 0.6) is 5.75 Å². The highest BCUT2D eigenvalue weighted by Gasteiger charge is 2.05. The van der Waals surface area contributed by atoms with E-state index in [2.05, 4.69) is 10.6 Å². The molecule has 1 amide bonds. The van der Waals surface area contributed by atoms with Gasteiger partial charge in [-0.3, -0.25) is 4.79 Å². The number of rotatable bonds is 7. The first kappa shape index (κ1) is 14.6. The molecule has 2 N–H and O–H groups in total. The van der Waals surface area contributed by atoms with Gasteiger partial charge in [0.15, 0.2) is 0 Å². The molecule has 0 radical (unpaired) electrons. The zero-order chi connectivity index (χ0) is 13.4. The van der Waals surface area contributed by atoms with Crippen LogP contribution in [0.2, 0.25) is 5.02 Å². The molecule has 0 aliphatic rings. The number of amides is 1. The fourth-order valence-electron chi connectivity index (χ4n) is 1.30. The molecule has 0 heterocycles. The topological polar surface area (TPSA) is 59.6 Å². The van der Waals surface area contributed by atoms with Gasteiger partial charge in [-0.15, -0.1) is 0 Å². The molecule has 0 aromatic heterocycles. The fraction of sp³-hybridized carbons (Fsp3) is 0.417. The first-order valence-electron chi connectivity index (χ1n) is 5.50. The standard InChI is InChI=1S/C12H17ClN2O3/c1-17-6-5-14-12(16)8-15-11-7-9(18-2)3-4-10(11)13/h3-4,7,15H,5-6,8H2,1-2H3,(H,14,16).